The number of aliphatic carboxylic acids is 1. The number of carbonyl (C=O) groups is 2. The maximum absolute atomic E-state index is 11.7. The number of hydrogen-bond donors (Lipinski definition) is 3. The Morgan fingerprint density at radius 1 is 1.37 bits per heavy atom. The van der Waals surface area contributed by atoms with Gasteiger partial charge in [-0.3, -0.25) is 0 Å². The molecule has 0 saturated carbocycles. The van der Waals surface area contributed by atoms with Crippen LogP contribution in [-0.2, 0) is 4.79 Å². The van der Waals surface area contributed by atoms with Gasteiger partial charge in [0, 0.05) is 0 Å². The van der Waals surface area contributed by atoms with E-state index in [1.165, 1.54) is 7.11 Å². The predicted octanol–water partition coefficient (Wildman–Crippen LogP) is 2.07. The van der Waals surface area contributed by atoms with Crippen LogP contribution in [0.25, 0.3) is 0 Å². The maximum Gasteiger partial charge on any atom is 0.326 e. The first kappa shape index (κ1) is 14.8. The molecule has 0 aliphatic carbocycles. The molecule has 3 N–H and O–H groups in total. The summed E-state index contributed by atoms with van der Waals surface area (Å²) in [5.41, 5.74) is 0.489. The van der Waals surface area contributed by atoms with E-state index in [1.54, 1.807) is 24.3 Å². The van der Waals surface area contributed by atoms with Gasteiger partial charge in [0.15, 0.2) is 0 Å². The van der Waals surface area contributed by atoms with Gasteiger partial charge in [0.25, 0.3) is 0 Å². The summed E-state index contributed by atoms with van der Waals surface area (Å²) in [5, 5.41) is 13.9. The van der Waals surface area contributed by atoms with Crippen molar-refractivity contribution in [3.63, 3.8) is 0 Å². The highest BCUT2D eigenvalue weighted by Crippen LogP contribution is 2.22. The van der Waals surface area contributed by atoms with Crippen LogP contribution in [0.15, 0.2) is 24.3 Å². The molecular weight excluding hydrogens is 248 g/mol. The molecule has 0 heterocycles. The fraction of sp³-hybridized carbons (Fsp3) is 0.385. The van der Waals surface area contributed by atoms with Crippen LogP contribution in [0.5, 0.6) is 5.75 Å². The third kappa shape index (κ3) is 4.50. The minimum atomic E-state index is -1.04. The third-order valence-corrected chi connectivity index (χ3v) is 2.54. The molecule has 6 heteroatoms. The third-order valence-electron chi connectivity index (χ3n) is 2.54. The highest BCUT2D eigenvalue weighted by Gasteiger charge is 2.19. The fourth-order valence-corrected chi connectivity index (χ4v) is 1.61. The second-order valence-corrected chi connectivity index (χ2v) is 3.98. The van der Waals surface area contributed by atoms with Crippen molar-refractivity contribution >= 4 is 17.7 Å². The van der Waals surface area contributed by atoms with Gasteiger partial charge in [0.05, 0.1) is 12.8 Å². The Morgan fingerprint density at radius 3 is 2.63 bits per heavy atom. The number of carboxylic acids is 1. The molecule has 0 fully saturated rings. The predicted molar refractivity (Wildman–Crippen MR) is 71.5 cm³/mol. The molecule has 0 unspecified atom stereocenters. The molecule has 0 spiro atoms. The Morgan fingerprint density at radius 2 is 2.05 bits per heavy atom. The molecule has 19 heavy (non-hydrogen) atoms. The minimum absolute atomic E-state index is 0.384. The highest BCUT2D eigenvalue weighted by molar-refractivity contribution is 5.93. The smallest absolute Gasteiger partial charge is 0.326 e. The number of benzene rings is 1. The van der Waals surface area contributed by atoms with E-state index < -0.39 is 18.0 Å². The van der Waals surface area contributed by atoms with Crippen LogP contribution in [0.1, 0.15) is 19.8 Å². The van der Waals surface area contributed by atoms with Crippen molar-refractivity contribution in [2.24, 2.45) is 0 Å². The Hall–Kier alpha value is -2.24. The van der Waals surface area contributed by atoms with E-state index >= 15 is 0 Å². The largest absolute Gasteiger partial charge is 0.495 e. The van der Waals surface area contributed by atoms with Crippen LogP contribution >= 0.6 is 0 Å². The Bertz CT molecular complexity index is 448. The van der Waals surface area contributed by atoms with E-state index in [2.05, 4.69) is 10.6 Å². The number of carboxylic acid groups (broad SMARTS) is 1. The molecular formula is C13H18N2O4. The maximum atomic E-state index is 11.7. The number of amides is 2. The number of ether oxygens (including phenoxy) is 1. The topological polar surface area (TPSA) is 87.7 Å². The van der Waals surface area contributed by atoms with Gasteiger partial charge in [-0.1, -0.05) is 25.5 Å². The van der Waals surface area contributed by atoms with Gasteiger partial charge < -0.3 is 20.5 Å². The van der Waals surface area contributed by atoms with E-state index in [-0.39, 0.29) is 0 Å². The molecule has 0 aliphatic heterocycles. The van der Waals surface area contributed by atoms with Crippen molar-refractivity contribution < 1.29 is 19.4 Å². The average molecular weight is 266 g/mol. The highest BCUT2D eigenvalue weighted by atomic mass is 16.5. The van der Waals surface area contributed by atoms with Crippen molar-refractivity contribution in [2.75, 3.05) is 12.4 Å². The van der Waals surface area contributed by atoms with Crippen LogP contribution in [0.4, 0.5) is 10.5 Å². The molecule has 6 nitrogen and oxygen atoms in total. The normalized spacial score (nSPS) is 11.5. The number of hydrogen-bond acceptors (Lipinski definition) is 3. The van der Waals surface area contributed by atoms with Crippen molar-refractivity contribution in [1.82, 2.24) is 5.32 Å². The quantitative estimate of drug-likeness (QED) is 0.735. The lowest BCUT2D eigenvalue weighted by Gasteiger charge is -2.15. The first-order valence-electron chi connectivity index (χ1n) is 6.01. The lowest BCUT2D eigenvalue weighted by molar-refractivity contribution is -0.139. The van der Waals surface area contributed by atoms with Gasteiger partial charge in [-0.2, -0.15) is 0 Å². The number of para-hydroxylation sites is 2. The number of urea groups is 1. The molecule has 0 aliphatic rings. The van der Waals surface area contributed by atoms with Gasteiger partial charge in [0.2, 0.25) is 0 Å². The van der Waals surface area contributed by atoms with E-state index in [1.807, 2.05) is 6.92 Å². The molecule has 1 aromatic carbocycles. The van der Waals surface area contributed by atoms with E-state index in [9.17, 15) is 9.59 Å². The zero-order valence-electron chi connectivity index (χ0n) is 11.0. The zero-order chi connectivity index (χ0) is 14.3. The summed E-state index contributed by atoms with van der Waals surface area (Å²) >= 11 is 0. The monoisotopic (exact) mass is 266 g/mol. The summed E-state index contributed by atoms with van der Waals surface area (Å²) in [4.78, 5) is 22.7. The molecule has 0 radical (unpaired) electrons. The summed E-state index contributed by atoms with van der Waals surface area (Å²) in [6.45, 7) is 1.86. The second-order valence-electron chi connectivity index (χ2n) is 3.98. The summed E-state index contributed by atoms with van der Waals surface area (Å²) in [5.74, 6) is -0.531. The van der Waals surface area contributed by atoms with Crippen LogP contribution in [-0.4, -0.2) is 30.3 Å². The average Bonchev–Trinajstić information content (AvgIpc) is 2.38. The summed E-state index contributed by atoms with van der Waals surface area (Å²) in [6.07, 6.45) is 1.06. The molecule has 0 aromatic heterocycles. The second kappa shape index (κ2) is 7.25. The van der Waals surface area contributed by atoms with E-state index in [0.717, 1.165) is 0 Å². The van der Waals surface area contributed by atoms with Gasteiger partial charge in [-0.05, 0) is 18.6 Å². The first-order valence-corrected chi connectivity index (χ1v) is 6.01. The van der Waals surface area contributed by atoms with Crippen LogP contribution in [0.3, 0.4) is 0 Å². The lowest BCUT2D eigenvalue weighted by Crippen LogP contribution is -2.42. The molecule has 1 rings (SSSR count). The van der Waals surface area contributed by atoms with Gasteiger partial charge in [-0.15, -0.1) is 0 Å². The van der Waals surface area contributed by atoms with Crippen molar-refractivity contribution in [2.45, 2.75) is 25.8 Å². The van der Waals surface area contributed by atoms with Crippen LogP contribution in [0, 0.1) is 0 Å². The fourth-order valence-electron chi connectivity index (χ4n) is 1.61. The SMILES string of the molecule is CCC[C@H](NC(=O)Nc1ccccc1OC)C(=O)O. The standard InChI is InChI=1S/C13H18N2O4/c1-3-6-10(12(16)17)15-13(18)14-9-7-4-5-8-11(9)19-2/h4-5,7-8,10H,3,6H2,1-2H3,(H,16,17)(H2,14,15,18)/t10-/m0/s1. The molecule has 1 atom stereocenters. The summed E-state index contributed by atoms with van der Waals surface area (Å²) < 4.78 is 5.09. The van der Waals surface area contributed by atoms with Crippen LogP contribution in [0.2, 0.25) is 0 Å². The molecule has 2 amide bonds. The van der Waals surface area contributed by atoms with Crippen molar-refractivity contribution in [1.29, 1.82) is 0 Å². The molecule has 0 bridgehead atoms. The Kier molecular flexibility index (Phi) is 5.66. The minimum Gasteiger partial charge on any atom is -0.495 e. The molecule has 1 aromatic rings. The molecule has 0 saturated heterocycles. The summed E-state index contributed by atoms with van der Waals surface area (Å²) in [6, 6.07) is 5.45. The first-order chi connectivity index (χ1) is 9.08. The van der Waals surface area contributed by atoms with Crippen molar-refractivity contribution in [3.05, 3.63) is 24.3 Å². The number of nitrogens with one attached hydrogen (secondary N) is 2. The Balaban J connectivity index is 2.66. The molecule has 104 valence electrons. The van der Waals surface area contributed by atoms with Gasteiger partial charge >= 0.3 is 12.0 Å². The Labute approximate surface area is 111 Å². The number of carbonyl (C=O) groups excluding carboxylic acids is 1. The van der Waals surface area contributed by atoms with Crippen molar-refractivity contribution in [3.8, 4) is 5.75 Å². The number of methoxy groups -OCH3 is 1. The zero-order valence-corrected chi connectivity index (χ0v) is 11.0. The lowest BCUT2D eigenvalue weighted by atomic mass is 10.2. The van der Waals surface area contributed by atoms with Crippen LogP contribution < -0.4 is 15.4 Å². The van der Waals surface area contributed by atoms with Gasteiger partial charge in [0.1, 0.15) is 11.8 Å². The number of anilines is 1. The van der Waals surface area contributed by atoms with Gasteiger partial charge in [-0.25, -0.2) is 9.59 Å². The number of rotatable bonds is 6. The van der Waals surface area contributed by atoms with E-state index in [4.69, 9.17) is 9.84 Å². The van der Waals surface area contributed by atoms with E-state index in [0.29, 0.717) is 24.3 Å². The summed E-state index contributed by atoms with van der Waals surface area (Å²) in [7, 11) is 1.50.